The van der Waals surface area contributed by atoms with E-state index in [1.165, 1.54) is 50.9 Å². The van der Waals surface area contributed by atoms with Gasteiger partial charge in [-0.2, -0.15) is 0 Å². The second kappa shape index (κ2) is 13.7. The molecule has 1 aromatic carbocycles. The SMILES string of the molecule is CCNC(=O)CCc1ccc(F)cc1CC1C2CCC(O2)C1c1nc(C(=O)NCCCCC2CCCCC2)co1. The van der Waals surface area contributed by atoms with Crippen LogP contribution < -0.4 is 10.6 Å². The van der Waals surface area contributed by atoms with E-state index >= 15 is 0 Å². The maximum absolute atomic E-state index is 14.3. The number of oxazole rings is 1. The van der Waals surface area contributed by atoms with E-state index in [0.29, 0.717) is 43.9 Å². The van der Waals surface area contributed by atoms with Crippen LogP contribution in [0.15, 0.2) is 28.9 Å². The lowest BCUT2D eigenvalue weighted by Gasteiger charge is -2.26. The minimum absolute atomic E-state index is 0.00581. The molecule has 3 aliphatic rings. The average Bonchev–Trinajstić information content (AvgIpc) is 3.70. The fraction of sp³-hybridized carbons (Fsp3) is 0.656. The van der Waals surface area contributed by atoms with Gasteiger partial charge in [-0.15, -0.1) is 0 Å². The number of aryl methyl sites for hydroxylation is 1. The first-order chi connectivity index (χ1) is 19.5. The van der Waals surface area contributed by atoms with Crippen molar-refractivity contribution < 1.29 is 23.1 Å². The highest BCUT2D eigenvalue weighted by molar-refractivity contribution is 5.91. The van der Waals surface area contributed by atoms with Gasteiger partial charge in [-0.3, -0.25) is 9.59 Å². The Bertz CT molecular complexity index is 1140. The molecule has 2 aliphatic heterocycles. The molecule has 5 rings (SSSR count). The molecule has 2 bridgehead atoms. The lowest BCUT2D eigenvalue weighted by molar-refractivity contribution is -0.120. The summed E-state index contributed by atoms with van der Waals surface area (Å²) in [5.74, 6) is 0.878. The zero-order chi connectivity index (χ0) is 27.9. The van der Waals surface area contributed by atoms with E-state index in [1.54, 1.807) is 12.1 Å². The quantitative estimate of drug-likeness (QED) is 0.303. The number of benzene rings is 1. The predicted octanol–water partition coefficient (Wildman–Crippen LogP) is 5.87. The molecule has 8 heteroatoms. The van der Waals surface area contributed by atoms with Crippen molar-refractivity contribution in [3.05, 3.63) is 53.0 Å². The summed E-state index contributed by atoms with van der Waals surface area (Å²) in [6, 6.07) is 4.83. The van der Waals surface area contributed by atoms with E-state index in [-0.39, 0.29) is 41.7 Å². The van der Waals surface area contributed by atoms with Crippen molar-refractivity contribution in [2.45, 2.75) is 109 Å². The van der Waals surface area contributed by atoms with Gasteiger partial charge in [0.05, 0.1) is 18.1 Å². The van der Waals surface area contributed by atoms with E-state index in [0.717, 1.165) is 42.7 Å². The number of rotatable bonds is 13. The molecule has 1 aliphatic carbocycles. The number of carbonyl (C=O) groups is 2. The molecule has 1 aromatic heterocycles. The zero-order valence-corrected chi connectivity index (χ0v) is 23.8. The van der Waals surface area contributed by atoms with Crippen LogP contribution in [0.25, 0.3) is 0 Å². The van der Waals surface area contributed by atoms with Gasteiger partial charge in [0.25, 0.3) is 5.91 Å². The number of carbonyl (C=O) groups excluding carboxylic acids is 2. The van der Waals surface area contributed by atoms with Crippen LogP contribution in [-0.4, -0.2) is 42.1 Å². The van der Waals surface area contributed by atoms with Crippen LogP contribution in [0.1, 0.15) is 111 Å². The van der Waals surface area contributed by atoms with Crippen molar-refractivity contribution in [3.63, 3.8) is 0 Å². The Hall–Kier alpha value is -2.74. The van der Waals surface area contributed by atoms with Crippen molar-refractivity contribution in [1.29, 1.82) is 0 Å². The Labute approximate surface area is 237 Å². The number of nitrogens with zero attached hydrogens (tertiary/aromatic N) is 1. The molecule has 218 valence electrons. The number of nitrogens with one attached hydrogen (secondary N) is 2. The number of unbranched alkanes of at least 4 members (excludes halogenated alkanes) is 1. The predicted molar refractivity (Wildman–Crippen MR) is 150 cm³/mol. The van der Waals surface area contributed by atoms with Gasteiger partial charge in [0, 0.05) is 25.4 Å². The van der Waals surface area contributed by atoms with Crippen molar-refractivity contribution in [3.8, 4) is 0 Å². The van der Waals surface area contributed by atoms with Crippen LogP contribution in [0.4, 0.5) is 4.39 Å². The van der Waals surface area contributed by atoms with E-state index < -0.39 is 0 Å². The lowest BCUT2D eigenvalue weighted by Crippen LogP contribution is -2.28. The Balaban J connectivity index is 1.19. The fourth-order valence-electron chi connectivity index (χ4n) is 7.06. The highest BCUT2D eigenvalue weighted by Gasteiger charge is 2.51. The minimum atomic E-state index is -0.286. The molecular formula is C32H44FN3O4. The molecule has 3 heterocycles. The number of ether oxygens (including phenoxy) is 1. The van der Waals surface area contributed by atoms with Gasteiger partial charge >= 0.3 is 0 Å². The normalized spacial score (nSPS) is 24.4. The first kappa shape index (κ1) is 28.8. The molecule has 4 unspecified atom stereocenters. The molecular weight excluding hydrogens is 509 g/mol. The van der Waals surface area contributed by atoms with E-state index in [4.69, 9.17) is 9.15 Å². The molecule has 0 radical (unpaired) electrons. The number of hydrogen-bond donors (Lipinski definition) is 2. The highest BCUT2D eigenvalue weighted by Crippen LogP contribution is 2.50. The smallest absolute Gasteiger partial charge is 0.273 e. The highest BCUT2D eigenvalue weighted by atomic mass is 19.1. The number of halogens is 1. The topological polar surface area (TPSA) is 93.5 Å². The minimum Gasteiger partial charge on any atom is -0.448 e. The second-order valence-electron chi connectivity index (χ2n) is 11.9. The van der Waals surface area contributed by atoms with Crippen LogP contribution in [0.5, 0.6) is 0 Å². The first-order valence-electron chi connectivity index (χ1n) is 15.4. The van der Waals surface area contributed by atoms with E-state index in [1.807, 2.05) is 6.92 Å². The summed E-state index contributed by atoms with van der Waals surface area (Å²) in [5, 5.41) is 5.83. The van der Waals surface area contributed by atoms with Gasteiger partial charge in [-0.05, 0) is 68.2 Å². The Morgan fingerprint density at radius 3 is 2.67 bits per heavy atom. The standard InChI is InChI=1S/C32H44FN3O4/c1-2-34-29(37)16-12-22-11-13-24(33)18-23(22)19-25-27-14-15-28(40-27)30(25)32-36-26(20-39-32)31(38)35-17-7-6-10-21-8-4-3-5-9-21/h11,13,18,20-21,25,27-28,30H,2-10,12,14-17,19H2,1H3,(H,34,37)(H,35,38). The van der Waals surface area contributed by atoms with Crippen LogP contribution >= 0.6 is 0 Å². The zero-order valence-electron chi connectivity index (χ0n) is 23.8. The summed E-state index contributed by atoms with van der Waals surface area (Å²) in [6.07, 6.45) is 15.1. The first-order valence-corrected chi connectivity index (χ1v) is 15.4. The molecule has 2 saturated heterocycles. The fourth-order valence-corrected chi connectivity index (χ4v) is 7.06. The molecule has 1 saturated carbocycles. The Morgan fingerprint density at radius 2 is 1.85 bits per heavy atom. The van der Waals surface area contributed by atoms with Crippen molar-refractivity contribution >= 4 is 11.8 Å². The molecule has 7 nitrogen and oxygen atoms in total. The number of amides is 2. The third-order valence-electron chi connectivity index (χ3n) is 9.13. The molecule has 40 heavy (non-hydrogen) atoms. The average molecular weight is 554 g/mol. The third kappa shape index (κ3) is 7.12. The van der Waals surface area contributed by atoms with Gasteiger partial charge in [0.1, 0.15) is 12.1 Å². The third-order valence-corrected chi connectivity index (χ3v) is 9.13. The summed E-state index contributed by atoms with van der Waals surface area (Å²) < 4.78 is 26.5. The number of fused-ring (bicyclic) bond motifs is 2. The Kier molecular flexibility index (Phi) is 9.89. The summed E-state index contributed by atoms with van der Waals surface area (Å²) >= 11 is 0. The van der Waals surface area contributed by atoms with Gasteiger partial charge in [0.15, 0.2) is 5.69 Å². The largest absolute Gasteiger partial charge is 0.448 e. The summed E-state index contributed by atoms with van der Waals surface area (Å²) in [4.78, 5) is 29.4. The molecule has 2 N–H and O–H groups in total. The van der Waals surface area contributed by atoms with E-state index in [2.05, 4.69) is 15.6 Å². The maximum atomic E-state index is 14.3. The van der Waals surface area contributed by atoms with Crippen molar-refractivity contribution in [1.82, 2.24) is 15.6 Å². The molecule has 2 amide bonds. The molecule has 2 aromatic rings. The van der Waals surface area contributed by atoms with Gasteiger partial charge < -0.3 is 19.8 Å². The van der Waals surface area contributed by atoms with Gasteiger partial charge in [0.2, 0.25) is 11.8 Å². The van der Waals surface area contributed by atoms with Crippen LogP contribution in [0, 0.1) is 17.7 Å². The maximum Gasteiger partial charge on any atom is 0.273 e. The van der Waals surface area contributed by atoms with Gasteiger partial charge in [-0.1, -0.05) is 51.0 Å². The monoisotopic (exact) mass is 553 g/mol. The van der Waals surface area contributed by atoms with E-state index in [9.17, 15) is 14.0 Å². The van der Waals surface area contributed by atoms with Crippen LogP contribution in [0.3, 0.4) is 0 Å². The summed E-state index contributed by atoms with van der Waals surface area (Å²) in [5.41, 5.74) is 2.18. The number of hydrogen-bond acceptors (Lipinski definition) is 5. The Morgan fingerprint density at radius 1 is 1.02 bits per heavy atom. The summed E-state index contributed by atoms with van der Waals surface area (Å²) in [6.45, 7) is 3.13. The second-order valence-corrected chi connectivity index (χ2v) is 11.9. The van der Waals surface area contributed by atoms with Gasteiger partial charge in [-0.25, -0.2) is 9.37 Å². The van der Waals surface area contributed by atoms with Crippen LogP contribution in [-0.2, 0) is 22.4 Å². The van der Waals surface area contributed by atoms with Crippen molar-refractivity contribution in [2.75, 3.05) is 13.1 Å². The molecule has 4 atom stereocenters. The molecule has 3 fully saturated rings. The molecule has 0 spiro atoms. The lowest BCUT2D eigenvalue weighted by atomic mass is 9.75. The number of aromatic nitrogens is 1. The summed E-state index contributed by atoms with van der Waals surface area (Å²) in [7, 11) is 0. The van der Waals surface area contributed by atoms with Crippen LogP contribution in [0.2, 0.25) is 0 Å². The van der Waals surface area contributed by atoms with Crippen molar-refractivity contribution in [2.24, 2.45) is 11.8 Å².